The fourth-order valence-electron chi connectivity index (χ4n) is 2.51. The lowest BCUT2D eigenvalue weighted by Crippen LogP contribution is -2.48. The van der Waals surface area contributed by atoms with Gasteiger partial charge in [0, 0.05) is 23.7 Å². The van der Waals surface area contributed by atoms with Gasteiger partial charge in [-0.05, 0) is 25.5 Å². The van der Waals surface area contributed by atoms with Crippen LogP contribution in [0.25, 0.3) is 0 Å². The second-order valence-electron chi connectivity index (χ2n) is 5.10. The number of hydrogen-bond donors (Lipinski definition) is 1. The Morgan fingerprint density at radius 2 is 2.33 bits per heavy atom. The number of morpholine rings is 1. The summed E-state index contributed by atoms with van der Waals surface area (Å²) >= 11 is 6.09. The van der Waals surface area contributed by atoms with E-state index in [4.69, 9.17) is 16.3 Å². The molecule has 1 aromatic rings. The van der Waals surface area contributed by atoms with E-state index in [0.29, 0.717) is 11.6 Å². The van der Waals surface area contributed by atoms with Crippen LogP contribution in [0.15, 0.2) is 18.2 Å². The zero-order valence-electron chi connectivity index (χ0n) is 10.8. The zero-order chi connectivity index (χ0) is 13.2. The largest absolute Gasteiger partial charge is 0.365 e. The molecule has 4 heteroatoms. The third-order valence-corrected chi connectivity index (χ3v) is 3.67. The first-order valence-electron chi connectivity index (χ1n) is 6.37. The van der Waals surface area contributed by atoms with Crippen molar-refractivity contribution in [2.24, 2.45) is 0 Å². The van der Waals surface area contributed by atoms with Gasteiger partial charge < -0.3 is 10.1 Å². The molecule has 1 saturated heterocycles. The van der Waals surface area contributed by atoms with E-state index in [1.807, 2.05) is 0 Å². The summed E-state index contributed by atoms with van der Waals surface area (Å²) in [5.74, 6) is -0.316. The molecule has 1 aliphatic rings. The average molecular weight is 272 g/mol. The Labute approximate surface area is 112 Å². The van der Waals surface area contributed by atoms with Crippen LogP contribution in [-0.4, -0.2) is 18.7 Å². The van der Waals surface area contributed by atoms with Crippen LogP contribution in [0.2, 0.25) is 5.02 Å². The van der Waals surface area contributed by atoms with Crippen LogP contribution < -0.4 is 5.32 Å². The lowest BCUT2D eigenvalue weighted by Gasteiger charge is -2.39. The molecule has 100 valence electrons. The maximum atomic E-state index is 13.0. The molecule has 0 amide bonds. The topological polar surface area (TPSA) is 21.3 Å². The predicted molar refractivity (Wildman–Crippen MR) is 71.4 cm³/mol. The second-order valence-corrected chi connectivity index (χ2v) is 5.51. The Morgan fingerprint density at radius 3 is 3.00 bits per heavy atom. The summed E-state index contributed by atoms with van der Waals surface area (Å²) in [5.41, 5.74) is 0.683. The monoisotopic (exact) mass is 271 g/mol. The molecule has 0 bridgehead atoms. The first-order valence-corrected chi connectivity index (χ1v) is 6.75. The average Bonchev–Trinajstić information content (AvgIpc) is 2.28. The van der Waals surface area contributed by atoms with Crippen molar-refractivity contribution in [1.82, 2.24) is 5.32 Å². The normalized spacial score (nSPS) is 28.3. The molecule has 0 aliphatic carbocycles. The molecule has 2 atom stereocenters. The van der Waals surface area contributed by atoms with Crippen LogP contribution in [-0.2, 0) is 4.74 Å². The summed E-state index contributed by atoms with van der Waals surface area (Å²) in [7, 11) is 0. The van der Waals surface area contributed by atoms with Crippen molar-refractivity contribution in [1.29, 1.82) is 0 Å². The van der Waals surface area contributed by atoms with Crippen LogP contribution in [0, 0.1) is 5.82 Å². The Hall–Kier alpha value is -0.640. The molecule has 1 fully saturated rings. The molecule has 18 heavy (non-hydrogen) atoms. The van der Waals surface area contributed by atoms with Gasteiger partial charge >= 0.3 is 0 Å². The minimum Gasteiger partial charge on any atom is -0.365 e. The van der Waals surface area contributed by atoms with Gasteiger partial charge in [-0.3, -0.25) is 0 Å². The van der Waals surface area contributed by atoms with Gasteiger partial charge in [0.15, 0.2) is 0 Å². The van der Waals surface area contributed by atoms with Crippen molar-refractivity contribution in [2.45, 2.75) is 38.4 Å². The lowest BCUT2D eigenvalue weighted by atomic mass is 9.96. The van der Waals surface area contributed by atoms with E-state index in [9.17, 15) is 4.39 Å². The minimum absolute atomic E-state index is 0.108. The number of ether oxygens (including phenoxy) is 1. The molecule has 2 nitrogen and oxygen atoms in total. The predicted octanol–water partition coefficient (Wildman–Crippen LogP) is 3.70. The molecular weight excluding hydrogens is 253 g/mol. The number of hydrogen-bond acceptors (Lipinski definition) is 2. The number of nitrogens with one attached hydrogen (secondary N) is 1. The molecule has 2 unspecified atom stereocenters. The van der Waals surface area contributed by atoms with Gasteiger partial charge in [-0.2, -0.15) is 0 Å². The van der Waals surface area contributed by atoms with Gasteiger partial charge in [0.2, 0.25) is 0 Å². The summed E-state index contributed by atoms with van der Waals surface area (Å²) in [6.07, 6.45) is 1.96. The fourth-order valence-corrected chi connectivity index (χ4v) is 2.80. The van der Waals surface area contributed by atoms with E-state index in [1.165, 1.54) is 12.1 Å². The van der Waals surface area contributed by atoms with E-state index >= 15 is 0 Å². The van der Waals surface area contributed by atoms with Crippen LogP contribution in [0.1, 0.15) is 38.4 Å². The van der Waals surface area contributed by atoms with Crippen molar-refractivity contribution in [3.8, 4) is 0 Å². The highest BCUT2D eigenvalue weighted by Gasteiger charge is 2.33. The minimum atomic E-state index is -0.316. The SMILES string of the molecule is CCCC1(C)CNCC(c2ccc(F)cc2Cl)O1. The highest BCUT2D eigenvalue weighted by molar-refractivity contribution is 6.31. The third kappa shape index (κ3) is 3.02. The number of benzene rings is 1. The second kappa shape index (κ2) is 5.55. The molecule has 1 heterocycles. The molecule has 0 aromatic heterocycles. The van der Waals surface area contributed by atoms with Crippen LogP contribution in [0.4, 0.5) is 4.39 Å². The Bertz CT molecular complexity index is 422. The molecular formula is C14H19ClFNO. The van der Waals surface area contributed by atoms with Crippen molar-refractivity contribution in [3.05, 3.63) is 34.6 Å². The molecule has 0 saturated carbocycles. The highest BCUT2D eigenvalue weighted by Crippen LogP contribution is 2.33. The Morgan fingerprint density at radius 1 is 1.56 bits per heavy atom. The van der Waals surface area contributed by atoms with Crippen LogP contribution in [0.5, 0.6) is 0 Å². The highest BCUT2D eigenvalue weighted by atomic mass is 35.5. The Balaban J connectivity index is 2.18. The fraction of sp³-hybridized carbons (Fsp3) is 0.571. The van der Waals surface area contributed by atoms with Gasteiger partial charge in [0.25, 0.3) is 0 Å². The van der Waals surface area contributed by atoms with Crippen molar-refractivity contribution in [2.75, 3.05) is 13.1 Å². The molecule has 2 rings (SSSR count). The van der Waals surface area contributed by atoms with Crippen molar-refractivity contribution < 1.29 is 9.13 Å². The molecule has 0 spiro atoms. The summed E-state index contributed by atoms with van der Waals surface area (Å²) in [4.78, 5) is 0. The lowest BCUT2D eigenvalue weighted by molar-refractivity contribution is -0.112. The third-order valence-electron chi connectivity index (χ3n) is 3.34. The summed E-state index contributed by atoms with van der Waals surface area (Å²) in [6.45, 7) is 5.80. The molecule has 1 aromatic carbocycles. The standard InChI is InChI=1S/C14H19ClFNO/c1-3-6-14(2)9-17-8-13(18-14)11-5-4-10(16)7-12(11)15/h4-5,7,13,17H,3,6,8-9H2,1-2H3. The van der Waals surface area contributed by atoms with Gasteiger partial charge in [0.05, 0.1) is 11.7 Å². The smallest absolute Gasteiger partial charge is 0.124 e. The summed E-state index contributed by atoms with van der Waals surface area (Å²) in [5, 5.41) is 3.81. The zero-order valence-corrected chi connectivity index (χ0v) is 11.6. The quantitative estimate of drug-likeness (QED) is 0.905. The first-order chi connectivity index (χ1) is 8.54. The summed E-state index contributed by atoms with van der Waals surface area (Å²) in [6, 6.07) is 4.48. The van der Waals surface area contributed by atoms with Crippen LogP contribution >= 0.6 is 11.6 Å². The number of rotatable bonds is 3. The van der Waals surface area contributed by atoms with E-state index in [2.05, 4.69) is 19.2 Å². The van der Waals surface area contributed by atoms with Gasteiger partial charge in [-0.25, -0.2) is 4.39 Å². The van der Waals surface area contributed by atoms with E-state index < -0.39 is 0 Å². The van der Waals surface area contributed by atoms with Gasteiger partial charge in [-0.15, -0.1) is 0 Å². The van der Waals surface area contributed by atoms with Crippen molar-refractivity contribution in [3.63, 3.8) is 0 Å². The van der Waals surface area contributed by atoms with Gasteiger partial charge in [-0.1, -0.05) is 31.0 Å². The molecule has 1 N–H and O–H groups in total. The van der Waals surface area contributed by atoms with E-state index in [-0.39, 0.29) is 17.5 Å². The first kappa shape index (κ1) is 13.8. The number of halogens is 2. The molecule has 1 aliphatic heterocycles. The maximum absolute atomic E-state index is 13.0. The van der Waals surface area contributed by atoms with Crippen LogP contribution in [0.3, 0.4) is 0 Å². The Kier molecular flexibility index (Phi) is 4.25. The van der Waals surface area contributed by atoms with E-state index in [1.54, 1.807) is 6.07 Å². The molecule has 0 radical (unpaired) electrons. The summed E-state index contributed by atoms with van der Waals surface area (Å²) < 4.78 is 19.2. The van der Waals surface area contributed by atoms with Gasteiger partial charge in [0.1, 0.15) is 5.82 Å². The maximum Gasteiger partial charge on any atom is 0.124 e. The van der Waals surface area contributed by atoms with Crippen molar-refractivity contribution >= 4 is 11.6 Å². The van der Waals surface area contributed by atoms with E-state index in [0.717, 1.165) is 24.9 Å².